The lowest BCUT2D eigenvalue weighted by molar-refractivity contribution is -0.122. The van der Waals surface area contributed by atoms with Gasteiger partial charge >= 0.3 is 0 Å². The fraction of sp³-hybridized carbons (Fsp3) is 0.423. The van der Waals surface area contributed by atoms with Crippen LogP contribution in [0.2, 0.25) is 0 Å². The monoisotopic (exact) mass is 463 g/mol. The molecule has 1 saturated heterocycles. The number of aromatic nitrogens is 2. The Labute approximate surface area is 200 Å². The Balaban J connectivity index is 1.31. The van der Waals surface area contributed by atoms with Gasteiger partial charge in [-0.1, -0.05) is 25.1 Å². The van der Waals surface area contributed by atoms with Crippen molar-refractivity contribution in [2.75, 3.05) is 26.2 Å². The van der Waals surface area contributed by atoms with E-state index in [-0.39, 0.29) is 24.5 Å². The maximum atomic E-state index is 13.0. The number of nitrogens with one attached hydrogen (secondary N) is 2. The lowest BCUT2D eigenvalue weighted by Gasteiger charge is -2.32. The molecule has 0 saturated carbocycles. The SMILES string of the molecule is CCCNC(=O)CN1CCC(NC(=O)c2ccccc2OCc2cn3cccc(C)c3n2)CC1. The molecule has 180 valence electrons. The molecule has 8 nitrogen and oxygen atoms in total. The van der Waals surface area contributed by atoms with Gasteiger partial charge in [-0.2, -0.15) is 0 Å². The number of benzene rings is 1. The number of hydrogen-bond donors (Lipinski definition) is 2. The molecule has 0 radical (unpaired) electrons. The van der Waals surface area contributed by atoms with Gasteiger partial charge in [0.1, 0.15) is 18.0 Å². The number of carbonyl (C=O) groups excluding carboxylic acids is 2. The Hall–Kier alpha value is -3.39. The highest BCUT2D eigenvalue weighted by Gasteiger charge is 2.23. The van der Waals surface area contributed by atoms with E-state index in [2.05, 4.69) is 20.5 Å². The smallest absolute Gasteiger partial charge is 0.255 e. The number of para-hydroxylation sites is 1. The van der Waals surface area contributed by atoms with E-state index in [9.17, 15) is 9.59 Å². The first-order valence-corrected chi connectivity index (χ1v) is 12.0. The predicted molar refractivity (Wildman–Crippen MR) is 131 cm³/mol. The van der Waals surface area contributed by atoms with Crippen LogP contribution >= 0.6 is 0 Å². The molecule has 3 aromatic rings. The number of aryl methyl sites for hydroxylation is 1. The largest absolute Gasteiger partial charge is 0.486 e. The van der Waals surface area contributed by atoms with Gasteiger partial charge in [-0.15, -0.1) is 0 Å². The van der Waals surface area contributed by atoms with Crippen LogP contribution in [0.1, 0.15) is 47.8 Å². The van der Waals surface area contributed by atoms with E-state index in [1.54, 1.807) is 6.07 Å². The van der Waals surface area contributed by atoms with Crippen LogP contribution in [0.4, 0.5) is 0 Å². The van der Waals surface area contributed by atoms with Gasteiger partial charge in [0.2, 0.25) is 5.91 Å². The minimum absolute atomic E-state index is 0.0659. The Morgan fingerprint density at radius 1 is 1.15 bits per heavy atom. The number of carbonyl (C=O) groups is 2. The first kappa shape index (κ1) is 23.8. The molecule has 3 heterocycles. The molecule has 1 aromatic carbocycles. The Morgan fingerprint density at radius 2 is 1.94 bits per heavy atom. The van der Waals surface area contributed by atoms with Crippen LogP contribution in [0.3, 0.4) is 0 Å². The van der Waals surface area contributed by atoms with Crippen molar-refractivity contribution in [1.82, 2.24) is 24.9 Å². The summed E-state index contributed by atoms with van der Waals surface area (Å²) in [7, 11) is 0. The Morgan fingerprint density at radius 3 is 2.71 bits per heavy atom. The second-order valence-corrected chi connectivity index (χ2v) is 8.81. The molecule has 34 heavy (non-hydrogen) atoms. The minimum atomic E-state index is -0.138. The zero-order valence-electron chi connectivity index (χ0n) is 19.9. The van der Waals surface area contributed by atoms with Crippen molar-refractivity contribution < 1.29 is 14.3 Å². The maximum absolute atomic E-state index is 13.0. The van der Waals surface area contributed by atoms with Crippen LogP contribution in [0, 0.1) is 6.92 Å². The van der Waals surface area contributed by atoms with E-state index >= 15 is 0 Å². The van der Waals surface area contributed by atoms with Gasteiger partial charge in [0.15, 0.2) is 0 Å². The summed E-state index contributed by atoms with van der Waals surface area (Å²) in [6.07, 6.45) is 6.47. The van der Waals surface area contributed by atoms with Gasteiger partial charge in [0.25, 0.3) is 5.91 Å². The molecule has 2 aromatic heterocycles. The Kier molecular flexibility index (Phi) is 7.80. The summed E-state index contributed by atoms with van der Waals surface area (Å²) < 4.78 is 7.99. The quantitative estimate of drug-likeness (QED) is 0.510. The third-order valence-corrected chi connectivity index (χ3v) is 6.10. The summed E-state index contributed by atoms with van der Waals surface area (Å²) in [6.45, 7) is 7.05. The first-order chi connectivity index (χ1) is 16.5. The number of amides is 2. The molecule has 1 fully saturated rings. The molecular formula is C26H33N5O3. The number of imidazole rings is 1. The fourth-order valence-electron chi connectivity index (χ4n) is 4.23. The van der Waals surface area contributed by atoms with E-state index in [0.717, 1.165) is 49.3 Å². The lowest BCUT2D eigenvalue weighted by atomic mass is 10.0. The van der Waals surface area contributed by atoms with Gasteiger partial charge in [0, 0.05) is 38.1 Å². The third kappa shape index (κ3) is 5.94. The summed E-state index contributed by atoms with van der Waals surface area (Å²) in [5, 5.41) is 6.06. The zero-order valence-corrected chi connectivity index (χ0v) is 19.9. The molecule has 0 spiro atoms. The average Bonchev–Trinajstić information content (AvgIpc) is 3.27. The Bertz CT molecular complexity index is 1130. The van der Waals surface area contributed by atoms with Gasteiger partial charge in [-0.25, -0.2) is 4.98 Å². The van der Waals surface area contributed by atoms with Gasteiger partial charge in [-0.05, 0) is 49.9 Å². The van der Waals surface area contributed by atoms with Crippen molar-refractivity contribution in [3.63, 3.8) is 0 Å². The molecule has 1 aliphatic heterocycles. The standard InChI is InChI=1S/C26H33N5O3/c1-3-12-27-24(32)17-30-14-10-20(11-15-30)29-26(33)22-8-4-5-9-23(22)34-18-21-16-31-13-6-7-19(2)25(31)28-21/h4-9,13,16,20H,3,10-12,14-15,17-18H2,1-2H3,(H,27,32)(H,29,33). The van der Waals surface area contributed by atoms with Crippen molar-refractivity contribution >= 4 is 17.5 Å². The second-order valence-electron chi connectivity index (χ2n) is 8.81. The number of rotatable bonds is 9. The third-order valence-electron chi connectivity index (χ3n) is 6.10. The van der Waals surface area contributed by atoms with Crippen molar-refractivity contribution in [2.24, 2.45) is 0 Å². The summed E-state index contributed by atoms with van der Waals surface area (Å²) in [5.41, 5.74) is 3.33. The number of ether oxygens (including phenoxy) is 1. The highest BCUT2D eigenvalue weighted by molar-refractivity contribution is 5.97. The summed E-state index contributed by atoms with van der Waals surface area (Å²) >= 11 is 0. The summed E-state index contributed by atoms with van der Waals surface area (Å²) in [6, 6.07) is 11.4. The molecule has 0 aliphatic carbocycles. The number of pyridine rings is 1. The van der Waals surface area contributed by atoms with Crippen molar-refractivity contribution in [3.8, 4) is 5.75 Å². The normalized spacial score (nSPS) is 14.8. The number of nitrogens with zero attached hydrogens (tertiary/aromatic N) is 3. The van der Waals surface area contributed by atoms with Crippen LogP contribution in [-0.2, 0) is 11.4 Å². The number of likely N-dealkylation sites (tertiary alicyclic amines) is 1. The van der Waals surface area contributed by atoms with E-state index in [4.69, 9.17) is 4.74 Å². The predicted octanol–water partition coefficient (Wildman–Crippen LogP) is 2.94. The second kappa shape index (κ2) is 11.2. The molecule has 0 unspecified atom stereocenters. The fourth-order valence-corrected chi connectivity index (χ4v) is 4.23. The topological polar surface area (TPSA) is 88.0 Å². The zero-order chi connectivity index (χ0) is 23.9. The highest BCUT2D eigenvalue weighted by atomic mass is 16.5. The molecule has 2 N–H and O–H groups in total. The van der Waals surface area contributed by atoms with Crippen LogP contribution in [0.5, 0.6) is 5.75 Å². The van der Waals surface area contributed by atoms with E-state index in [1.165, 1.54) is 0 Å². The number of fused-ring (bicyclic) bond motifs is 1. The highest BCUT2D eigenvalue weighted by Crippen LogP contribution is 2.21. The average molecular weight is 464 g/mol. The number of piperidine rings is 1. The molecule has 4 rings (SSSR count). The molecule has 2 amide bonds. The maximum Gasteiger partial charge on any atom is 0.255 e. The van der Waals surface area contributed by atoms with Crippen molar-refractivity contribution in [2.45, 2.75) is 45.8 Å². The molecule has 0 bridgehead atoms. The van der Waals surface area contributed by atoms with Gasteiger partial charge in [0.05, 0.1) is 17.8 Å². The van der Waals surface area contributed by atoms with Crippen LogP contribution in [0.25, 0.3) is 5.65 Å². The van der Waals surface area contributed by atoms with Crippen molar-refractivity contribution in [1.29, 1.82) is 0 Å². The lowest BCUT2D eigenvalue weighted by Crippen LogP contribution is -2.47. The summed E-state index contributed by atoms with van der Waals surface area (Å²) in [5.74, 6) is 0.468. The molecule has 8 heteroatoms. The van der Waals surface area contributed by atoms with Crippen molar-refractivity contribution in [3.05, 3.63) is 65.6 Å². The molecule has 1 aliphatic rings. The van der Waals surface area contributed by atoms with Crippen LogP contribution in [-0.4, -0.2) is 58.3 Å². The van der Waals surface area contributed by atoms with E-state index < -0.39 is 0 Å². The molecule has 0 atom stereocenters. The van der Waals surface area contributed by atoms with Gasteiger partial charge in [-0.3, -0.25) is 14.5 Å². The summed E-state index contributed by atoms with van der Waals surface area (Å²) in [4.78, 5) is 31.7. The van der Waals surface area contributed by atoms with E-state index in [0.29, 0.717) is 24.4 Å². The van der Waals surface area contributed by atoms with Crippen LogP contribution in [0.15, 0.2) is 48.8 Å². The van der Waals surface area contributed by atoms with Gasteiger partial charge < -0.3 is 19.8 Å². The number of hydrogen-bond acceptors (Lipinski definition) is 5. The van der Waals surface area contributed by atoms with E-state index in [1.807, 2.05) is 61.0 Å². The minimum Gasteiger partial charge on any atom is -0.486 e. The molecular weight excluding hydrogens is 430 g/mol. The first-order valence-electron chi connectivity index (χ1n) is 12.0. The van der Waals surface area contributed by atoms with Crippen LogP contribution < -0.4 is 15.4 Å².